The Bertz CT molecular complexity index is 1030. The largest absolute Gasteiger partial charge is 0.489 e. The van der Waals surface area contributed by atoms with E-state index in [1.165, 1.54) is 12.1 Å². The summed E-state index contributed by atoms with van der Waals surface area (Å²) in [5, 5.41) is 2.37. The molecule has 0 fully saturated rings. The van der Waals surface area contributed by atoms with E-state index in [1.807, 2.05) is 30.3 Å². The van der Waals surface area contributed by atoms with Gasteiger partial charge in [0.25, 0.3) is 5.91 Å². The van der Waals surface area contributed by atoms with Gasteiger partial charge in [-0.25, -0.2) is 4.79 Å². The van der Waals surface area contributed by atoms with Gasteiger partial charge in [-0.15, -0.1) is 0 Å². The molecule has 1 amide bonds. The Morgan fingerprint density at radius 2 is 1.58 bits per heavy atom. The molecule has 0 saturated heterocycles. The molecule has 5 nitrogen and oxygen atoms in total. The highest BCUT2D eigenvalue weighted by molar-refractivity contribution is 5.95. The number of anilines is 1. The Labute approximate surface area is 176 Å². The fourth-order valence-electron chi connectivity index (χ4n) is 2.61. The third-order valence-corrected chi connectivity index (χ3v) is 4.15. The van der Waals surface area contributed by atoms with Crippen LogP contribution in [0.3, 0.4) is 0 Å². The zero-order chi connectivity index (χ0) is 22.3. The maximum Gasteiger partial charge on any atom is 0.416 e. The molecule has 0 aromatic heterocycles. The number of carbonyl (C=O) groups is 2. The van der Waals surface area contributed by atoms with Crippen LogP contribution in [0.5, 0.6) is 5.75 Å². The molecule has 0 aliphatic heterocycles. The highest BCUT2D eigenvalue weighted by atomic mass is 19.4. The number of amides is 1. The van der Waals surface area contributed by atoms with Crippen molar-refractivity contribution in [1.82, 2.24) is 0 Å². The van der Waals surface area contributed by atoms with Gasteiger partial charge in [0.2, 0.25) is 0 Å². The minimum atomic E-state index is -4.46. The maximum absolute atomic E-state index is 12.6. The maximum atomic E-state index is 12.6. The summed E-state index contributed by atoms with van der Waals surface area (Å²) in [6.45, 7) is -0.260. The first-order valence-electron chi connectivity index (χ1n) is 9.22. The predicted octanol–water partition coefficient (Wildman–Crippen LogP) is 5.08. The Kier molecular flexibility index (Phi) is 6.92. The fourth-order valence-corrected chi connectivity index (χ4v) is 2.61. The summed E-state index contributed by atoms with van der Waals surface area (Å²) in [6.07, 6.45) is -4.46. The minimum Gasteiger partial charge on any atom is -0.489 e. The Hall–Kier alpha value is -3.81. The van der Waals surface area contributed by atoms with Crippen molar-refractivity contribution >= 4 is 17.6 Å². The van der Waals surface area contributed by atoms with Crippen molar-refractivity contribution in [2.75, 3.05) is 11.9 Å². The lowest BCUT2D eigenvalue weighted by Gasteiger charge is -2.10. The number of esters is 1. The van der Waals surface area contributed by atoms with E-state index in [0.717, 1.165) is 29.8 Å². The second-order valence-corrected chi connectivity index (χ2v) is 6.50. The van der Waals surface area contributed by atoms with Crippen LogP contribution >= 0.6 is 0 Å². The van der Waals surface area contributed by atoms with Gasteiger partial charge in [0, 0.05) is 5.69 Å². The Morgan fingerprint density at radius 3 is 2.26 bits per heavy atom. The molecule has 0 bridgehead atoms. The van der Waals surface area contributed by atoms with E-state index < -0.39 is 30.2 Å². The molecular formula is C23H18F3NO4. The molecule has 0 aliphatic rings. The summed E-state index contributed by atoms with van der Waals surface area (Å²) in [6, 6.07) is 19.8. The number of carbonyl (C=O) groups excluding carboxylic acids is 2. The first kappa shape index (κ1) is 21.9. The monoisotopic (exact) mass is 429 g/mol. The van der Waals surface area contributed by atoms with Crippen molar-refractivity contribution in [3.05, 3.63) is 95.6 Å². The zero-order valence-corrected chi connectivity index (χ0v) is 16.2. The summed E-state index contributed by atoms with van der Waals surface area (Å²) in [5.74, 6) is -0.940. The summed E-state index contributed by atoms with van der Waals surface area (Å²) < 4.78 is 48.3. The molecule has 3 aromatic carbocycles. The zero-order valence-electron chi connectivity index (χ0n) is 16.2. The van der Waals surface area contributed by atoms with Crippen molar-refractivity contribution in [1.29, 1.82) is 0 Å². The number of nitrogens with one attached hydrogen (secondary N) is 1. The second kappa shape index (κ2) is 9.80. The lowest BCUT2D eigenvalue weighted by molar-refractivity contribution is -0.137. The molecule has 3 aromatic rings. The van der Waals surface area contributed by atoms with Crippen LogP contribution in [0.1, 0.15) is 21.5 Å². The van der Waals surface area contributed by atoms with Crippen LogP contribution in [0.25, 0.3) is 0 Å². The van der Waals surface area contributed by atoms with Crippen LogP contribution in [0.15, 0.2) is 78.9 Å². The molecule has 160 valence electrons. The van der Waals surface area contributed by atoms with Crippen LogP contribution in [-0.2, 0) is 22.3 Å². The molecule has 0 atom stereocenters. The normalized spacial score (nSPS) is 10.9. The third-order valence-electron chi connectivity index (χ3n) is 4.15. The first-order chi connectivity index (χ1) is 14.8. The van der Waals surface area contributed by atoms with Gasteiger partial charge in [-0.05, 0) is 48.0 Å². The number of halogens is 3. The van der Waals surface area contributed by atoms with Crippen LogP contribution in [0.4, 0.5) is 18.9 Å². The molecule has 3 rings (SSSR count). The number of benzene rings is 3. The van der Waals surface area contributed by atoms with Crippen molar-refractivity contribution in [3.63, 3.8) is 0 Å². The molecule has 0 saturated carbocycles. The van der Waals surface area contributed by atoms with E-state index in [4.69, 9.17) is 9.47 Å². The Morgan fingerprint density at radius 1 is 0.871 bits per heavy atom. The molecule has 0 radical (unpaired) electrons. The fraction of sp³-hybridized carbons (Fsp3) is 0.130. The smallest absolute Gasteiger partial charge is 0.416 e. The molecule has 1 N–H and O–H groups in total. The SMILES string of the molecule is O=C(COC(=O)c1cccc(OCc2ccccc2)c1)Nc1ccc(C(F)(F)F)cc1. The van der Waals surface area contributed by atoms with Crippen molar-refractivity contribution in [3.8, 4) is 5.75 Å². The number of ether oxygens (including phenoxy) is 2. The van der Waals surface area contributed by atoms with Gasteiger partial charge in [-0.3, -0.25) is 4.79 Å². The number of hydrogen-bond acceptors (Lipinski definition) is 4. The van der Waals surface area contributed by atoms with Crippen molar-refractivity contribution < 1.29 is 32.2 Å². The van der Waals surface area contributed by atoms with Gasteiger partial charge in [-0.2, -0.15) is 13.2 Å². The van der Waals surface area contributed by atoms with Crippen molar-refractivity contribution in [2.24, 2.45) is 0 Å². The van der Waals surface area contributed by atoms with E-state index in [9.17, 15) is 22.8 Å². The van der Waals surface area contributed by atoms with Gasteiger partial charge in [-0.1, -0.05) is 36.4 Å². The third kappa shape index (κ3) is 6.60. The van der Waals surface area contributed by atoms with Crippen molar-refractivity contribution in [2.45, 2.75) is 12.8 Å². The van der Waals surface area contributed by atoms with Gasteiger partial charge >= 0.3 is 12.1 Å². The summed E-state index contributed by atoms with van der Waals surface area (Å²) >= 11 is 0. The molecule has 0 spiro atoms. The minimum absolute atomic E-state index is 0.158. The summed E-state index contributed by atoms with van der Waals surface area (Å²) in [7, 11) is 0. The van der Waals surface area contributed by atoms with E-state index in [-0.39, 0.29) is 11.3 Å². The quantitative estimate of drug-likeness (QED) is 0.532. The predicted molar refractivity (Wildman–Crippen MR) is 108 cm³/mol. The Balaban J connectivity index is 1.50. The standard InChI is InChI=1S/C23H18F3NO4/c24-23(25,26)18-9-11-19(12-10-18)27-21(28)15-31-22(29)17-7-4-8-20(13-17)30-14-16-5-2-1-3-6-16/h1-13H,14-15H2,(H,27,28). The van der Waals surface area contributed by atoms with E-state index in [1.54, 1.807) is 12.1 Å². The number of hydrogen-bond donors (Lipinski definition) is 1. The van der Waals surface area contributed by atoms with E-state index in [0.29, 0.717) is 12.4 Å². The highest BCUT2D eigenvalue weighted by Gasteiger charge is 2.30. The molecular weight excluding hydrogens is 411 g/mol. The van der Waals surface area contributed by atoms with Crippen LogP contribution in [0.2, 0.25) is 0 Å². The van der Waals surface area contributed by atoms with E-state index in [2.05, 4.69) is 5.32 Å². The molecule has 31 heavy (non-hydrogen) atoms. The van der Waals surface area contributed by atoms with Gasteiger partial charge in [0.1, 0.15) is 12.4 Å². The average Bonchev–Trinajstić information content (AvgIpc) is 2.77. The molecule has 0 heterocycles. The van der Waals surface area contributed by atoms with Gasteiger partial charge in [0.15, 0.2) is 6.61 Å². The summed E-state index contributed by atoms with van der Waals surface area (Å²) in [4.78, 5) is 24.1. The molecule has 0 aliphatic carbocycles. The van der Waals surface area contributed by atoms with Gasteiger partial charge < -0.3 is 14.8 Å². The lowest BCUT2D eigenvalue weighted by Crippen LogP contribution is -2.21. The topological polar surface area (TPSA) is 64.6 Å². The average molecular weight is 429 g/mol. The van der Waals surface area contributed by atoms with Crippen LogP contribution in [0, 0.1) is 0 Å². The lowest BCUT2D eigenvalue weighted by atomic mass is 10.2. The second-order valence-electron chi connectivity index (χ2n) is 6.50. The van der Waals surface area contributed by atoms with Crippen LogP contribution in [-0.4, -0.2) is 18.5 Å². The highest BCUT2D eigenvalue weighted by Crippen LogP contribution is 2.29. The van der Waals surface area contributed by atoms with Gasteiger partial charge in [0.05, 0.1) is 11.1 Å². The molecule has 0 unspecified atom stereocenters. The summed E-state index contributed by atoms with van der Waals surface area (Å²) in [5.41, 5.74) is 0.500. The van der Waals surface area contributed by atoms with Crippen LogP contribution < -0.4 is 10.1 Å². The first-order valence-corrected chi connectivity index (χ1v) is 9.22. The molecule has 8 heteroatoms. The number of rotatable bonds is 7. The number of alkyl halides is 3. The van der Waals surface area contributed by atoms with E-state index >= 15 is 0 Å².